The second kappa shape index (κ2) is 7.17. The normalized spacial score (nSPS) is 11.2. The van der Waals surface area contributed by atoms with E-state index in [1.54, 1.807) is 12.1 Å². The van der Waals surface area contributed by atoms with Crippen molar-refractivity contribution >= 4 is 16.7 Å². The minimum Gasteiger partial charge on any atom is -0.416 e. The zero-order valence-corrected chi connectivity index (χ0v) is 16.8. The summed E-state index contributed by atoms with van der Waals surface area (Å²) in [6, 6.07) is 17.9. The quantitative estimate of drug-likeness (QED) is 0.310. The molecule has 2 heterocycles. The van der Waals surface area contributed by atoms with Gasteiger partial charge in [-0.3, -0.25) is 10.1 Å². The lowest BCUT2D eigenvalue weighted by atomic mass is 10.1. The molecule has 0 aliphatic rings. The summed E-state index contributed by atoms with van der Waals surface area (Å²) in [4.78, 5) is 18.4. The first-order valence-electron chi connectivity index (χ1n) is 9.64. The van der Waals surface area contributed by atoms with Crippen molar-refractivity contribution in [2.45, 2.75) is 13.8 Å². The molecule has 31 heavy (non-hydrogen) atoms. The predicted molar refractivity (Wildman–Crippen MR) is 116 cm³/mol. The molecular weight excluding hydrogens is 394 g/mol. The number of H-pyrrole nitrogens is 1. The molecule has 3 aromatic carbocycles. The summed E-state index contributed by atoms with van der Waals surface area (Å²) in [7, 11) is 0. The molecule has 0 spiro atoms. The number of imidazole rings is 1. The SMILES string of the molecule is Cc1cc2nc(-c3ccc(-c4nnc(-c5ccc([N+](=O)[O-])cc5)o4)cc3)[nH]c2cc1C. The summed E-state index contributed by atoms with van der Waals surface area (Å²) < 4.78 is 5.76. The van der Waals surface area contributed by atoms with Crippen LogP contribution < -0.4 is 0 Å². The van der Waals surface area contributed by atoms with Crippen LogP contribution in [0.4, 0.5) is 5.69 Å². The van der Waals surface area contributed by atoms with Crippen LogP contribution in [0.1, 0.15) is 11.1 Å². The number of nitrogens with one attached hydrogen (secondary N) is 1. The van der Waals surface area contributed by atoms with E-state index >= 15 is 0 Å². The van der Waals surface area contributed by atoms with E-state index in [2.05, 4.69) is 41.2 Å². The highest BCUT2D eigenvalue weighted by Crippen LogP contribution is 2.28. The van der Waals surface area contributed by atoms with E-state index in [-0.39, 0.29) is 5.69 Å². The van der Waals surface area contributed by atoms with Gasteiger partial charge in [0, 0.05) is 28.8 Å². The summed E-state index contributed by atoms with van der Waals surface area (Å²) in [5.41, 5.74) is 6.72. The molecule has 8 heteroatoms. The topological polar surface area (TPSA) is 111 Å². The average Bonchev–Trinajstić information content (AvgIpc) is 3.42. The zero-order chi connectivity index (χ0) is 21.5. The number of hydrogen-bond donors (Lipinski definition) is 1. The number of fused-ring (bicyclic) bond motifs is 1. The van der Waals surface area contributed by atoms with Crippen molar-refractivity contribution in [3.8, 4) is 34.3 Å². The highest BCUT2D eigenvalue weighted by atomic mass is 16.6. The van der Waals surface area contributed by atoms with Gasteiger partial charge in [-0.2, -0.15) is 0 Å². The number of rotatable bonds is 4. The fourth-order valence-electron chi connectivity index (χ4n) is 3.36. The minimum absolute atomic E-state index is 0.00925. The Kier molecular flexibility index (Phi) is 4.32. The summed E-state index contributed by atoms with van der Waals surface area (Å²) in [6.07, 6.45) is 0. The van der Waals surface area contributed by atoms with Crippen LogP contribution in [0.5, 0.6) is 0 Å². The first kappa shape index (κ1) is 18.7. The Morgan fingerprint density at radius 2 is 1.39 bits per heavy atom. The Morgan fingerprint density at radius 1 is 0.839 bits per heavy atom. The molecule has 2 aromatic heterocycles. The number of aromatic amines is 1. The lowest BCUT2D eigenvalue weighted by Gasteiger charge is -1.99. The van der Waals surface area contributed by atoms with Crippen LogP contribution in [0.25, 0.3) is 45.3 Å². The van der Waals surface area contributed by atoms with Crippen LogP contribution in [0, 0.1) is 24.0 Å². The fraction of sp³-hybridized carbons (Fsp3) is 0.0870. The minimum atomic E-state index is -0.449. The van der Waals surface area contributed by atoms with Crippen LogP contribution in [0.15, 0.2) is 65.1 Å². The lowest BCUT2D eigenvalue weighted by molar-refractivity contribution is -0.384. The number of non-ortho nitro benzene ring substituents is 1. The molecule has 0 bridgehead atoms. The van der Waals surface area contributed by atoms with Crippen molar-refractivity contribution in [3.05, 3.63) is 81.9 Å². The van der Waals surface area contributed by atoms with Crippen molar-refractivity contribution in [1.82, 2.24) is 20.2 Å². The Balaban J connectivity index is 1.41. The van der Waals surface area contributed by atoms with E-state index in [0.29, 0.717) is 17.3 Å². The van der Waals surface area contributed by atoms with E-state index in [1.807, 2.05) is 24.3 Å². The molecule has 8 nitrogen and oxygen atoms in total. The Bertz CT molecular complexity index is 1380. The predicted octanol–water partition coefficient (Wildman–Crippen LogP) is 5.47. The third-order valence-corrected chi connectivity index (χ3v) is 5.25. The highest BCUT2D eigenvalue weighted by Gasteiger charge is 2.13. The van der Waals surface area contributed by atoms with Gasteiger partial charge in [0.05, 0.1) is 16.0 Å². The van der Waals surface area contributed by atoms with Crippen LogP contribution in [0.2, 0.25) is 0 Å². The number of aromatic nitrogens is 4. The number of nitro groups is 1. The fourth-order valence-corrected chi connectivity index (χ4v) is 3.36. The van der Waals surface area contributed by atoms with E-state index in [1.165, 1.54) is 23.3 Å². The number of aryl methyl sites for hydroxylation is 2. The maximum Gasteiger partial charge on any atom is 0.269 e. The van der Waals surface area contributed by atoms with Crippen molar-refractivity contribution in [2.75, 3.05) is 0 Å². The molecule has 0 amide bonds. The summed E-state index contributed by atoms with van der Waals surface area (Å²) in [5.74, 6) is 1.47. The lowest BCUT2D eigenvalue weighted by Crippen LogP contribution is -1.87. The Labute approximate surface area is 176 Å². The molecule has 0 aliphatic heterocycles. The van der Waals surface area contributed by atoms with Crippen LogP contribution in [-0.2, 0) is 0 Å². The Morgan fingerprint density at radius 3 is 2.00 bits per heavy atom. The molecule has 0 unspecified atom stereocenters. The second-order valence-corrected chi connectivity index (χ2v) is 7.33. The van der Waals surface area contributed by atoms with E-state index in [0.717, 1.165) is 28.0 Å². The largest absolute Gasteiger partial charge is 0.416 e. The van der Waals surface area contributed by atoms with Gasteiger partial charge in [-0.25, -0.2) is 4.98 Å². The molecule has 0 atom stereocenters. The van der Waals surface area contributed by atoms with E-state index in [9.17, 15) is 10.1 Å². The highest BCUT2D eigenvalue weighted by molar-refractivity contribution is 5.81. The van der Waals surface area contributed by atoms with E-state index in [4.69, 9.17) is 9.40 Å². The molecule has 152 valence electrons. The van der Waals surface area contributed by atoms with Crippen molar-refractivity contribution in [3.63, 3.8) is 0 Å². The van der Waals surface area contributed by atoms with Gasteiger partial charge in [-0.1, -0.05) is 12.1 Å². The molecule has 0 fully saturated rings. The van der Waals surface area contributed by atoms with Crippen molar-refractivity contribution in [2.24, 2.45) is 0 Å². The first-order valence-corrected chi connectivity index (χ1v) is 9.64. The van der Waals surface area contributed by atoms with Crippen LogP contribution in [-0.4, -0.2) is 25.1 Å². The van der Waals surface area contributed by atoms with E-state index < -0.39 is 4.92 Å². The van der Waals surface area contributed by atoms with Gasteiger partial charge >= 0.3 is 0 Å². The third kappa shape index (κ3) is 3.44. The smallest absolute Gasteiger partial charge is 0.269 e. The molecule has 5 aromatic rings. The first-order chi connectivity index (χ1) is 15.0. The second-order valence-electron chi connectivity index (χ2n) is 7.33. The molecule has 0 saturated heterocycles. The van der Waals surface area contributed by atoms with Gasteiger partial charge in [0.2, 0.25) is 11.8 Å². The monoisotopic (exact) mass is 411 g/mol. The number of nitro benzene ring substituents is 1. The zero-order valence-electron chi connectivity index (χ0n) is 16.8. The summed E-state index contributed by atoms with van der Waals surface area (Å²) in [5, 5.41) is 19.0. The maximum atomic E-state index is 10.8. The molecular formula is C23H17N5O3. The number of benzene rings is 3. The van der Waals surface area contributed by atoms with Crippen molar-refractivity contribution in [1.29, 1.82) is 0 Å². The average molecular weight is 411 g/mol. The molecule has 0 aliphatic carbocycles. The summed E-state index contributed by atoms with van der Waals surface area (Å²) in [6.45, 7) is 4.16. The van der Waals surface area contributed by atoms with Crippen LogP contribution in [0.3, 0.4) is 0 Å². The van der Waals surface area contributed by atoms with Gasteiger partial charge in [0.15, 0.2) is 0 Å². The molecule has 0 radical (unpaired) electrons. The molecule has 1 N–H and O–H groups in total. The van der Waals surface area contributed by atoms with Gasteiger partial charge < -0.3 is 9.40 Å². The Hall–Kier alpha value is -4.33. The maximum absolute atomic E-state index is 10.8. The third-order valence-electron chi connectivity index (χ3n) is 5.25. The van der Waals surface area contributed by atoms with Crippen molar-refractivity contribution < 1.29 is 9.34 Å². The van der Waals surface area contributed by atoms with Gasteiger partial charge in [-0.05, 0) is 61.4 Å². The molecule has 0 saturated carbocycles. The van der Waals surface area contributed by atoms with Gasteiger partial charge in [0.1, 0.15) is 5.82 Å². The summed E-state index contributed by atoms with van der Waals surface area (Å²) >= 11 is 0. The van der Waals surface area contributed by atoms with Gasteiger partial charge in [-0.15, -0.1) is 10.2 Å². The number of nitrogens with zero attached hydrogens (tertiary/aromatic N) is 4. The number of hydrogen-bond acceptors (Lipinski definition) is 6. The van der Waals surface area contributed by atoms with Crippen LogP contribution >= 0.6 is 0 Å². The molecule has 5 rings (SSSR count). The van der Waals surface area contributed by atoms with Gasteiger partial charge in [0.25, 0.3) is 5.69 Å². The standard InChI is InChI=1S/C23H17N5O3/c1-13-11-19-20(12-14(13)2)25-21(24-19)15-3-5-16(6-4-15)22-26-27-23(31-22)17-7-9-18(10-8-17)28(29)30/h3-12H,1-2H3,(H,24,25).